The number of nitrogens with two attached hydrogens (primary N) is 1. The molecule has 0 aliphatic carbocycles. The van der Waals surface area contributed by atoms with Gasteiger partial charge in [0.1, 0.15) is 17.1 Å². The lowest BCUT2D eigenvalue weighted by Crippen LogP contribution is -2.70. The minimum atomic E-state index is -1.13. The van der Waals surface area contributed by atoms with Crippen LogP contribution in [0.2, 0.25) is 0 Å². The third-order valence-electron chi connectivity index (χ3n) is 6.49. The fourth-order valence-corrected chi connectivity index (χ4v) is 6.56. The minimum absolute atomic E-state index is 0.00769. The Bertz CT molecular complexity index is 1260. The number of carbonyl (C=O) groups is 3. The van der Waals surface area contributed by atoms with E-state index in [-0.39, 0.29) is 23.3 Å². The van der Waals surface area contributed by atoms with E-state index in [0.717, 1.165) is 39.7 Å². The molecule has 4 rings (SSSR count). The number of aliphatic carboxylic acids is 1. The fourth-order valence-electron chi connectivity index (χ4n) is 4.48. The Kier molecular flexibility index (Phi) is 8.63. The number of rotatable bonds is 11. The highest BCUT2D eigenvalue weighted by molar-refractivity contribution is 8.00. The lowest BCUT2D eigenvalue weighted by molar-refractivity contribution is -0.884. The summed E-state index contributed by atoms with van der Waals surface area (Å²) >= 11 is 2.88. The number of carbonyl (C=O) groups excluding carboxylic acids is 2. The van der Waals surface area contributed by atoms with Gasteiger partial charge in [-0.3, -0.25) is 14.5 Å². The highest BCUT2D eigenvalue weighted by Crippen LogP contribution is 2.40. The van der Waals surface area contributed by atoms with Gasteiger partial charge >= 0.3 is 5.97 Å². The summed E-state index contributed by atoms with van der Waals surface area (Å²) in [5, 5.41) is 14.5. The van der Waals surface area contributed by atoms with Crippen LogP contribution in [-0.4, -0.2) is 88.9 Å². The second-order valence-electron chi connectivity index (χ2n) is 9.82. The minimum Gasteiger partial charge on any atom is -0.477 e. The number of thioether (sulfide) groups is 2. The lowest BCUT2D eigenvalue weighted by Gasteiger charge is -2.49. The average molecular weight is 542 g/mol. The Labute approximate surface area is 225 Å². The van der Waals surface area contributed by atoms with Crippen molar-refractivity contribution in [1.82, 2.24) is 10.2 Å². The molecule has 2 aromatic carbocycles. The number of carboxylic acids is 1. The van der Waals surface area contributed by atoms with Crippen molar-refractivity contribution in [3.8, 4) is 0 Å². The van der Waals surface area contributed by atoms with E-state index < -0.39 is 17.4 Å². The molecule has 8 nitrogen and oxygen atoms in total. The largest absolute Gasteiger partial charge is 0.477 e. The van der Waals surface area contributed by atoms with Crippen LogP contribution >= 0.6 is 23.5 Å². The molecule has 2 heterocycles. The SMILES string of the molecule is C[N+](C)(C/C=C/C1=C(C(=O)O)N2C(=O)[C@@H](NC(=O)CSc3ccc4ccccc4c3)[C@H]2SC1)CCCN. The molecule has 0 aromatic heterocycles. The number of quaternary nitrogens is 1. The fraction of sp³-hybridized carbons (Fsp3) is 0.370. The molecule has 37 heavy (non-hydrogen) atoms. The third kappa shape index (κ3) is 6.38. The van der Waals surface area contributed by atoms with Crippen molar-refractivity contribution in [3.05, 3.63) is 65.9 Å². The van der Waals surface area contributed by atoms with Crippen LogP contribution in [0.15, 0.2) is 70.8 Å². The van der Waals surface area contributed by atoms with E-state index in [1.807, 2.05) is 54.6 Å². The summed E-state index contributed by atoms with van der Waals surface area (Å²) in [6, 6.07) is 13.3. The van der Waals surface area contributed by atoms with E-state index in [4.69, 9.17) is 5.73 Å². The van der Waals surface area contributed by atoms with Crippen LogP contribution in [-0.2, 0) is 14.4 Å². The molecule has 2 aromatic rings. The van der Waals surface area contributed by atoms with E-state index >= 15 is 0 Å². The van der Waals surface area contributed by atoms with Gasteiger partial charge in [-0.15, -0.1) is 23.5 Å². The first-order chi connectivity index (χ1) is 17.7. The zero-order valence-corrected chi connectivity index (χ0v) is 22.7. The predicted molar refractivity (Wildman–Crippen MR) is 149 cm³/mol. The smallest absolute Gasteiger partial charge is 0.352 e. The Balaban J connectivity index is 1.36. The van der Waals surface area contributed by atoms with E-state index in [1.54, 1.807) is 0 Å². The van der Waals surface area contributed by atoms with E-state index in [9.17, 15) is 19.5 Å². The Morgan fingerprint density at radius 3 is 2.73 bits per heavy atom. The summed E-state index contributed by atoms with van der Waals surface area (Å²) in [6.45, 7) is 2.29. The van der Waals surface area contributed by atoms with Crippen molar-refractivity contribution in [3.63, 3.8) is 0 Å². The van der Waals surface area contributed by atoms with Crippen molar-refractivity contribution >= 4 is 52.1 Å². The summed E-state index contributed by atoms with van der Waals surface area (Å²) in [7, 11) is 4.20. The quantitative estimate of drug-likeness (QED) is 0.228. The topological polar surface area (TPSA) is 113 Å². The molecule has 2 amide bonds. The molecule has 10 heteroatoms. The first kappa shape index (κ1) is 27.3. The summed E-state index contributed by atoms with van der Waals surface area (Å²) in [5.74, 6) is -1.13. The zero-order valence-electron chi connectivity index (χ0n) is 21.1. The Hall–Kier alpha value is -2.79. The van der Waals surface area contributed by atoms with Crippen LogP contribution < -0.4 is 11.1 Å². The van der Waals surface area contributed by atoms with Gasteiger partial charge in [0.25, 0.3) is 5.91 Å². The number of benzene rings is 2. The molecule has 1 saturated heterocycles. The summed E-state index contributed by atoms with van der Waals surface area (Å²) < 4.78 is 0.743. The van der Waals surface area contributed by atoms with E-state index in [2.05, 4.69) is 19.4 Å². The number of amides is 2. The van der Waals surface area contributed by atoms with Crippen LogP contribution in [0, 0.1) is 0 Å². The number of hydrogen-bond acceptors (Lipinski definition) is 6. The molecule has 1 fully saturated rings. The molecule has 196 valence electrons. The molecule has 0 saturated carbocycles. The Morgan fingerprint density at radius 1 is 1.24 bits per heavy atom. The predicted octanol–water partition coefficient (Wildman–Crippen LogP) is 2.65. The average Bonchev–Trinajstić information content (AvgIpc) is 2.88. The first-order valence-corrected chi connectivity index (χ1v) is 14.2. The maximum absolute atomic E-state index is 12.9. The van der Waals surface area contributed by atoms with Gasteiger partial charge in [0.2, 0.25) is 5.91 Å². The number of carboxylic acid groups (broad SMARTS) is 1. The standard InChI is InChI=1S/C27H32N4O4S2/c1-31(2,14-6-12-28)13-5-9-20-16-37-26-23(25(33)30(26)24(20)27(34)35)29-22(32)17-36-21-11-10-18-7-3-4-8-19(18)15-21/h3-5,7-11,15,23,26H,6,12-14,16-17,28H2,1-2H3,(H-,29,32,34,35)/p+1/b9-5+/t23-,26-/m1/s1. The van der Waals surface area contributed by atoms with Crippen molar-refractivity contribution in [1.29, 1.82) is 0 Å². The van der Waals surface area contributed by atoms with Crippen LogP contribution in [0.25, 0.3) is 10.8 Å². The number of likely N-dealkylation sites (N-methyl/N-ethyl adjacent to an activating group) is 1. The maximum atomic E-state index is 12.9. The van der Waals surface area contributed by atoms with Gasteiger partial charge in [0.05, 0.1) is 32.9 Å². The van der Waals surface area contributed by atoms with Crippen molar-refractivity contribution in [2.24, 2.45) is 5.73 Å². The van der Waals surface area contributed by atoms with Gasteiger partial charge in [-0.1, -0.05) is 36.4 Å². The summed E-state index contributed by atoms with van der Waals surface area (Å²) in [6.07, 6.45) is 4.69. The van der Waals surface area contributed by atoms with Crippen LogP contribution in [0.3, 0.4) is 0 Å². The van der Waals surface area contributed by atoms with E-state index in [1.165, 1.54) is 28.4 Å². The van der Waals surface area contributed by atoms with Gasteiger partial charge < -0.3 is 20.6 Å². The number of hydrogen-bond donors (Lipinski definition) is 3. The van der Waals surface area contributed by atoms with Crippen molar-refractivity contribution in [2.75, 3.05) is 45.2 Å². The monoisotopic (exact) mass is 541 g/mol. The highest BCUT2D eigenvalue weighted by Gasteiger charge is 2.53. The van der Waals surface area contributed by atoms with Crippen LogP contribution in [0.5, 0.6) is 0 Å². The third-order valence-corrected chi connectivity index (χ3v) is 8.79. The zero-order chi connectivity index (χ0) is 26.6. The number of nitrogens with zero attached hydrogens (tertiary/aromatic N) is 2. The Morgan fingerprint density at radius 2 is 2.00 bits per heavy atom. The van der Waals surface area contributed by atoms with E-state index in [0.29, 0.717) is 17.9 Å². The number of allylic oxidation sites excluding steroid dienone is 1. The summed E-state index contributed by atoms with van der Waals surface area (Å²) in [5.41, 5.74) is 6.23. The molecular weight excluding hydrogens is 508 g/mol. The number of β-lactam (4-membered cyclic amide) rings is 1. The second-order valence-corrected chi connectivity index (χ2v) is 12.0. The van der Waals surface area contributed by atoms with Gasteiger partial charge in [-0.05, 0) is 41.1 Å². The molecule has 0 unspecified atom stereocenters. The van der Waals surface area contributed by atoms with Crippen LogP contribution in [0.4, 0.5) is 0 Å². The molecule has 0 spiro atoms. The lowest BCUT2D eigenvalue weighted by atomic mass is 10.0. The highest BCUT2D eigenvalue weighted by atomic mass is 32.2. The molecule has 0 bridgehead atoms. The molecule has 2 aliphatic heterocycles. The van der Waals surface area contributed by atoms with Gasteiger partial charge in [-0.25, -0.2) is 4.79 Å². The first-order valence-electron chi connectivity index (χ1n) is 12.2. The number of fused-ring (bicyclic) bond motifs is 2. The molecule has 2 aliphatic rings. The van der Waals surface area contributed by atoms with Gasteiger partial charge in [-0.2, -0.15) is 0 Å². The number of nitrogens with one attached hydrogen (secondary N) is 1. The normalized spacial score (nSPS) is 19.8. The second kappa shape index (κ2) is 11.7. The molecule has 4 N–H and O–H groups in total. The van der Waals surface area contributed by atoms with Gasteiger partial charge in [0, 0.05) is 17.1 Å². The molecular formula is C27H33N4O4S2+. The van der Waals surface area contributed by atoms with Crippen molar-refractivity contribution in [2.45, 2.75) is 22.7 Å². The van der Waals surface area contributed by atoms with Crippen LogP contribution in [0.1, 0.15) is 6.42 Å². The molecule has 2 atom stereocenters. The summed E-state index contributed by atoms with van der Waals surface area (Å²) in [4.78, 5) is 39.9. The molecule has 0 radical (unpaired) electrons. The van der Waals surface area contributed by atoms with Crippen molar-refractivity contribution < 1.29 is 24.0 Å². The maximum Gasteiger partial charge on any atom is 0.352 e. The van der Waals surface area contributed by atoms with Gasteiger partial charge in [0.15, 0.2) is 0 Å².